The van der Waals surface area contributed by atoms with Gasteiger partial charge in [0.1, 0.15) is 0 Å². The first-order valence-electron chi connectivity index (χ1n) is 7.29. The highest BCUT2D eigenvalue weighted by atomic mass is 32.2. The smallest absolute Gasteiger partial charge is 0.224 e. The maximum absolute atomic E-state index is 12.1. The second-order valence-corrected chi connectivity index (χ2v) is 7.55. The Labute approximate surface area is 126 Å². The lowest BCUT2D eigenvalue weighted by atomic mass is 10.0. The van der Waals surface area contributed by atoms with Gasteiger partial charge in [0.05, 0.1) is 22.3 Å². The van der Waals surface area contributed by atoms with Crippen molar-refractivity contribution in [3.8, 4) is 0 Å². The Kier molecular flexibility index (Phi) is 4.88. The van der Waals surface area contributed by atoms with E-state index in [9.17, 15) is 13.2 Å². The number of benzene rings is 1. The van der Waals surface area contributed by atoms with Crippen LogP contribution in [0.5, 0.6) is 0 Å². The van der Waals surface area contributed by atoms with Gasteiger partial charge in [-0.05, 0) is 25.0 Å². The van der Waals surface area contributed by atoms with Gasteiger partial charge in [-0.25, -0.2) is 8.42 Å². The highest BCUT2D eigenvalue weighted by molar-refractivity contribution is 7.91. The second-order valence-electron chi connectivity index (χ2n) is 5.30. The van der Waals surface area contributed by atoms with E-state index in [1.165, 1.54) is 0 Å². The Morgan fingerprint density at radius 2 is 2.00 bits per heavy atom. The number of rotatable bonds is 5. The number of amides is 1. The van der Waals surface area contributed by atoms with Crippen molar-refractivity contribution in [3.63, 3.8) is 0 Å². The summed E-state index contributed by atoms with van der Waals surface area (Å²) in [5, 5.41) is 5.96. The van der Waals surface area contributed by atoms with Gasteiger partial charge in [0.2, 0.25) is 5.91 Å². The van der Waals surface area contributed by atoms with E-state index >= 15 is 0 Å². The zero-order chi connectivity index (χ0) is 15.5. The molecule has 1 fully saturated rings. The first kappa shape index (κ1) is 15.8. The molecule has 116 valence electrons. The van der Waals surface area contributed by atoms with Gasteiger partial charge in [0, 0.05) is 13.1 Å². The summed E-state index contributed by atoms with van der Waals surface area (Å²) in [5.74, 6) is -0.0249. The molecule has 2 N–H and O–H groups in total. The fourth-order valence-electron chi connectivity index (χ4n) is 2.84. The summed E-state index contributed by atoms with van der Waals surface area (Å²) in [6, 6.07) is 6.89. The van der Waals surface area contributed by atoms with Crippen LogP contribution in [0.25, 0.3) is 0 Å². The Morgan fingerprint density at radius 3 is 2.67 bits per heavy atom. The zero-order valence-electron chi connectivity index (χ0n) is 12.4. The number of anilines is 1. The van der Waals surface area contributed by atoms with E-state index in [1.807, 2.05) is 0 Å². The maximum Gasteiger partial charge on any atom is 0.224 e. The van der Waals surface area contributed by atoms with Crippen molar-refractivity contribution in [2.24, 2.45) is 5.92 Å². The van der Waals surface area contributed by atoms with E-state index in [-0.39, 0.29) is 23.6 Å². The number of hydrogen-bond acceptors (Lipinski definition) is 4. The van der Waals surface area contributed by atoms with E-state index in [0.717, 1.165) is 19.3 Å². The van der Waals surface area contributed by atoms with Crippen molar-refractivity contribution >= 4 is 21.4 Å². The van der Waals surface area contributed by atoms with Gasteiger partial charge >= 0.3 is 0 Å². The summed E-state index contributed by atoms with van der Waals surface area (Å²) in [6.07, 6.45) is 2.68. The molecule has 6 heteroatoms. The zero-order valence-corrected chi connectivity index (χ0v) is 13.2. The predicted molar refractivity (Wildman–Crippen MR) is 83.0 cm³/mol. The van der Waals surface area contributed by atoms with Crippen LogP contribution in [0.15, 0.2) is 29.2 Å². The van der Waals surface area contributed by atoms with Gasteiger partial charge < -0.3 is 10.6 Å². The molecule has 0 heterocycles. The number of para-hydroxylation sites is 1. The van der Waals surface area contributed by atoms with E-state index in [0.29, 0.717) is 10.6 Å². The quantitative estimate of drug-likeness (QED) is 0.869. The summed E-state index contributed by atoms with van der Waals surface area (Å²) in [4.78, 5) is 12.2. The number of sulfone groups is 1. The molecule has 1 aromatic rings. The van der Waals surface area contributed by atoms with Crippen LogP contribution >= 0.6 is 0 Å². The number of hydrogen-bond donors (Lipinski definition) is 2. The fourth-order valence-corrected chi connectivity index (χ4v) is 3.90. The number of carbonyl (C=O) groups is 1. The minimum Gasteiger partial charge on any atom is -0.380 e. The maximum atomic E-state index is 12.1. The molecule has 1 aliphatic carbocycles. The standard InChI is InChI=1S/C15H22N2O3S/c1-3-21(19,20)14-10-5-4-8-13(14)17-12-9-6-7-11(12)15(18)16-2/h4-5,8,10-12,17H,3,6-7,9H2,1-2H3,(H,16,18)/t11-,12+/m0/s1. The molecule has 1 aromatic carbocycles. The molecule has 1 aliphatic rings. The SMILES string of the molecule is CCS(=O)(=O)c1ccccc1N[C@@H]1CCC[C@@H]1C(=O)NC. The van der Waals surface area contributed by atoms with Crippen molar-refractivity contribution < 1.29 is 13.2 Å². The molecule has 0 aliphatic heterocycles. The van der Waals surface area contributed by atoms with Crippen LogP contribution in [-0.4, -0.2) is 33.2 Å². The highest BCUT2D eigenvalue weighted by Gasteiger charge is 2.33. The first-order valence-corrected chi connectivity index (χ1v) is 8.94. The van der Waals surface area contributed by atoms with Crippen LogP contribution in [0.3, 0.4) is 0 Å². The molecule has 0 aromatic heterocycles. The van der Waals surface area contributed by atoms with Gasteiger partial charge in [-0.2, -0.15) is 0 Å². The molecule has 1 amide bonds. The Morgan fingerprint density at radius 1 is 1.29 bits per heavy atom. The topological polar surface area (TPSA) is 75.3 Å². The average Bonchev–Trinajstić information content (AvgIpc) is 2.95. The van der Waals surface area contributed by atoms with E-state index in [1.54, 1.807) is 38.2 Å². The summed E-state index contributed by atoms with van der Waals surface area (Å²) < 4.78 is 24.3. The van der Waals surface area contributed by atoms with E-state index in [2.05, 4.69) is 10.6 Å². The average molecular weight is 310 g/mol. The first-order chi connectivity index (χ1) is 9.99. The summed E-state index contributed by atoms with van der Waals surface area (Å²) in [7, 11) is -1.64. The Hall–Kier alpha value is -1.56. The fraction of sp³-hybridized carbons (Fsp3) is 0.533. The van der Waals surface area contributed by atoms with Crippen molar-refractivity contribution in [1.29, 1.82) is 0 Å². The lowest BCUT2D eigenvalue weighted by Crippen LogP contribution is -2.36. The van der Waals surface area contributed by atoms with Crippen LogP contribution in [0.1, 0.15) is 26.2 Å². The molecule has 0 spiro atoms. The molecule has 21 heavy (non-hydrogen) atoms. The third-order valence-corrected chi connectivity index (χ3v) is 5.83. The van der Waals surface area contributed by atoms with Crippen molar-refractivity contribution in [3.05, 3.63) is 24.3 Å². The van der Waals surface area contributed by atoms with Crippen molar-refractivity contribution in [2.45, 2.75) is 37.1 Å². The molecule has 5 nitrogen and oxygen atoms in total. The van der Waals surface area contributed by atoms with E-state index in [4.69, 9.17) is 0 Å². The van der Waals surface area contributed by atoms with Gasteiger partial charge in [0.15, 0.2) is 9.84 Å². The molecule has 0 saturated heterocycles. The van der Waals surface area contributed by atoms with Crippen LogP contribution in [-0.2, 0) is 14.6 Å². The molecule has 0 radical (unpaired) electrons. The van der Waals surface area contributed by atoms with Crippen LogP contribution in [0, 0.1) is 5.92 Å². The lowest BCUT2D eigenvalue weighted by molar-refractivity contribution is -0.124. The van der Waals surface area contributed by atoms with Crippen molar-refractivity contribution in [1.82, 2.24) is 5.32 Å². The highest BCUT2D eigenvalue weighted by Crippen LogP contribution is 2.31. The summed E-state index contributed by atoms with van der Waals surface area (Å²) in [5.41, 5.74) is 0.597. The predicted octanol–water partition coefficient (Wildman–Crippen LogP) is 1.81. The van der Waals surface area contributed by atoms with Gasteiger partial charge in [-0.1, -0.05) is 25.5 Å². The minimum atomic E-state index is -3.28. The van der Waals surface area contributed by atoms with Gasteiger partial charge in [-0.15, -0.1) is 0 Å². The van der Waals surface area contributed by atoms with Gasteiger partial charge in [-0.3, -0.25) is 4.79 Å². The molecular weight excluding hydrogens is 288 g/mol. The van der Waals surface area contributed by atoms with Crippen LogP contribution < -0.4 is 10.6 Å². The molecule has 1 saturated carbocycles. The Balaban J connectivity index is 2.26. The van der Waals surface area contributed by atoms with Crippen molar-refractivity contribution in [2.75, 3.05) is 18.1 Å². The number of nitrogens with one attached hydrogen (secondary N) is 2. The monoisotopic (exact) mass is 310 g/mol. The third kappa shape index (κ3) is 3.37. The third-order valence-electron chi connectivity index (χ3n) is 4.04. The molecule has 0 unspecified atom stereocenters. The summed E-state index contributed by atoms with van der Waals surface area (Å²) >= 11 is 0. The largest absolute Gasteiger partial charge is 0.380 e. The molecule has 2 rings (SSSR count). The van der Waals surface area contributed by atoms with E-state index < -0.39 is 9.84 Å². The lowest BCUT2D eigenvalue weighted by Gasteiger charge is -2.22. The second kappa shape index (κ2) is 6.47. The van der Waals surface area contributed by atoms with Gasteiger partial charge in [0.25, 0.3) is 0 Å². The normalized spacial score (nSPS) is 22.0. The van der Waals surface area contributed by atoms with Crippen LogP contribution in [0.2, 0.25) is 0 Å². The molecule has 2 atom stereocenters. The Bertz CT molecular complexity index is 613. The molecular formula is C15H22N2O3S. The molecule has 0 bridgehead atoms. The number of carbonyl (C=O) groups excluding carboxylic acids is 1. The van der Waals surface area contributed by atoms with Crippen LogP contribution in [0.4, 0.5) is 5.69 Å². The minimum absolute atomic E-state index is 0.0147. The summed E-state index contributed by atoms with van der Waals surface area (Å²) in [6.45, 7) is 1.63.